The molecule has 9 nitrogen and oxygen atoms in total. The van der Waals surface area contributed by atoms with Gasteiger partial charge in [-0.2, -0.15) is 0 Å². The average Bonchev–Trinajstić information content (AvgIpc) is 2.63. The van der Waals surface area contributed by atoms with E-state index in [1.807, 2.05) is 0 Å². The fraction of sp³-hybridized carbons (Fsp3) is 0.353. The molecule has 1 aromatic heterocycles. The number of benzene rings is 1. The van der Waals surface area contributed by atoms with Crippen molar-refractivity contribution in [2.75, 3.05) is 5.32 Å². The molecule has 1 aromatic carbocycles. The van der Waals surface area contributed by atoms with Crippen molar-refractivity contribution in [1.29, 1.82) is 5.41 Å². The zero-order valence-corrected chi connectivity index (χ0v) is 17.6. The van der Waals surface area contributed by atoms with E-state index in [2.05, 4.69) is 15.0 Å². The number of hydrogen-bond donors (Lipinski definition) is 5. The fourth-order valence-corrected chi connectivity index (χ4v) is 4.87. The van der Waals surface area contributed by atoms with E-state index in [1.165, 1.54) is 18.3 Å². The Morgan fingerprint density at radius 3 is 2.48 bits per heavy atom. The number of aliphatic carboxylic acids is 1. The molecule has 0 saturated heterocycles. The molecule has 0 amide bonds. The van der Waals surface area contributed by atoms with E-state index in [-0.39, 0.29) is 35.1 Å². The maximum absolute atomic E-state index is 12.8. The Bertz CT molecular complexity index is 1040. The molecule has 0 bridgehead atoms. The Balaban J connectivity index is 0.00000300. The minimum absolute atomic E-state index is 0. The number of carboxylic acids is 1. The van der Waals surface area contributed by atoms with E-state index >= 15 is 0 Å². The van der Waals surface area contributed by atoms with Crippen LogP contribution in [-0.2, 0) is 14.8 Å². The van der Waals surface area contributed by atoms with Gasteiger partial charge in [-0.05, 0) is 37.8 Å². The maximum atomic E-state index is 12.8. The van der Waals surface area contributed by atoms with Gasteiger partial charge in [-0.15, -0.1) is 12.4 Å². The van der Waals surface area contributed by atoms with Crippen LogP contribution in [0.2, 0.25) is 5.02 Å². The molecular formula is C17H21Cl2N5O4S. The molecule has 158 valence electrons. The predicted molar refractivity (Wildman–Crippen MR) is 113 cm³/mol. The molecule has 0 aliphatic heterocycles. The second kappa shape index (κ2) is 9.12. The number of rotatable bonds is 5. The molecule has 6 N–H and O–H groups in total. The summed E-state index contributed by atoms with van der Waals surface area (Å²) in [5, 5.41) is 20.3. The summed E-state index contributed by atoms with van der Waals surface area (Å²) in [6.07, 6.45) is 3.20. The van der Waals surface area contributed by atoms with Crippen molar-refractivity contribution in [1.82, 2.24) is 9.71 Å². The van der Waals surface area contributed by atoms with E-state index in [1.54, 1.807) is 6.07 Å². The summed E-state index contributed by atoms with van der Waals surface area (Å²) in [6, 6.07) is 4.12. The lowest BCUT2D eigenvalue weighted by atomic mass is 9.87. The molecule has 12 heteroatoms. The van der Waals surface area contributed by atoms with Gasteiger partial charge in [0.15, 0.2) is 5.96 Å². The van der Waals surface area contributed by atoms with Gasteiger partial charge in [0.2, 0.25) is 10.0 Å². The Kier molecular flexibility index (Phi) is 7.28. The Morgan fingerprint density at radius 1 is 1.24 bits per heavy atom. The largest absolute Gasteiger partial charge is 0.481 e. The summed E-state index contributed by atoms with van der Waals surface area (Å²) < 4.78 is 28.3. The lowest BCUT2D eigenvalue weighted by molar-refractivity contribution is -0.142. The lowest BCUT2D eigenvalue weighted by Crippen LogP contribution is -2.38. The Labute approximate surface area is 179 Å². The first-order chi connectivity index (χ1) is 13.2. The monoisotopic (exact) mass is 461 g/mol. The number of pyridine rings is 1. The third-order valence-electron chi connectivity index (χ3n) is 4.77. The van der Waals surface area contributed by atoms with Gasteiger partial charge in [0.25, 0.3) is 0 Å². The molecule has 1 saturated carbocycles. The molecule has 3 rings (SSSR count). The number of halogens is 2. The van der Waals surface area contributed by atoms with Crippen molar-refractivity contribution in [3.8, 4) is 0 Å². The molecule has 1 heterocycles. The highest BCUT2D eigenvalue weighted by Crippen LogP contribution is 2.31. The quantitative estimate of drug-likeness (QED) is 0.337. The van der Waals surface area contributed by atoms with E-state index in [9.17, 15) is 13.2 Å². The second-order valence-corrected chi connectivity index (χ2v) is 8.83. The number of aromatic nitrogens is 1. The third kappa shape index (κ3) is 5.27. The van der Waals surface area contributed by atoms with Crippen LogP contribution in [0.3, 0.4) is 0 Å². The van der Waals surface area contributed by atoms with Crippen LogP contribution in [0.1, 0.15) is 25.7 Å². The highest BCUT2D eigenvalue weighted by molar-refractivity contribution is 7.89. The number of fused-ring (bicyclic) bond motifs is 1. The highest BCUT2D eigenvalue weighted by Gasteiger charge is 2.29. The number of nitrogens with one attached hydrogen (secondary N) is 3. The van der Waals surface area contributed by atoms with Crippen LogP contribution in [0, 0.1) is 11.3 Å². The summed E-state index contributed by atoms with van der Waals surface area (Å²) in [5.41, 5.74) is 5.36. The number of sulfonamides is 1. The van der Waals surface area contributed by atoms with Crippen LogP contribution in [0.25, 0.3) is 10.8 Å². The van der Waals surface area contributed by atoms with Crippen molar-refractivity contribution in [2.24, 2.45) is 11.7 Å². The van der Waals surface area contributed by atoms with Crippen LogP contribution < -0.4 is 15.8 Å². The maximum Gasteiger partial charge on any atom is 0.306 e. The molecule has 1 aliphatic rings. The lowest BCUT2D eigenvalue weighted by Gasteiger charge is -2.26. The van der Waals surface area contributed by atoms with Crippen molar-refractivity contribution in [3.63, 3.8) is 0 Å². The number of hydrogen-bond acceptors (Lipinski definition) is 5. The van der Waals surface area contributed by atoms with Crippen LogP contribution >= 0.6 is 24.0 Å². The van der Waals surface area contributed by atoms with Crippen LogP contribution in [0.4, 0.5) is 5.82 Å². The van der Waals surface area contributed by atoms with Gasteiger partial charge in [0.1, 0.15) is 5.82 Å². The smallest absolute Gasteiger partial charge is 0.306 e. The molecule has 1 fully saturated rings. The Hall–Kier alpha value is -2.14. The summed E-state index contributed by atoms with van der Waals surface area (Å²) in [6.45, 7) is 0. The van der Waals surface area contributed by atoms with Crippen molar-refractivity contribution < 1.29 is 18.3 Å². The average molecular weight is 462 g/mol. The molecule has 0 radical (unpaired) electrons. The first kappa shape index (κ1) is 23.1. The van der Waals surface area contributed by atoms with Crippen molar-refractivity contribution in [3.05, 3.63) is 29.4 Å². The first-order valence-electron chi connectivity index (χ1n) is 8.62. The van der Waals surface area contributed by atoms with Gasteiger partial charge < -0.3 is 16.2 Å². The molecule has 2 aromatic rings. The SMILES string of the molecule is Cl.N=C(N)Nc1ncc(Cl)c2ccc(S(=O)(=O)N[C@H]3CC[C@@H](C(=O)O)CC3)cc12. The number of guanidine groups is 1. The fourth-order valence-electron chi connectivity index (χ4n) is 3.33. The summed E-state index contributed by atoms with van der Waals surface area (Å²) in [4.78, 5) is 15.1. The van der Waals surface area contributed by atoms with Gasteiger partial charge in [-0.1, -0.05) is 17.7 Å². The standard InChI is InChI=1S/C17H20ClN5O4S.ClH/c18-14-8-21-15(22-17(19)20)13-7-11(5-6-12(13)14)28(26,27)23-10-3-1-9(2-4-10)16(24)25;/h5-10,23H,1-4H2,(H,24,25)(H4,19,20,21,22);1H/t9-,10+;. The zero-order valence-electron chi connectivity index (χ0n) is 15.2. The molecule has 0 unspecified atom stereocenters. The van der Waals surface area contributed by atoms with Crippen LogP contribution in [-0.4, -0.2) is 36.5 Å². The van der Waals surface area contributed by atoms with Crippen molar-refractivity contribution >= 4 is 62.6 Å². The minimum Gasteiger partial charge on any atom is -0.481 e. The summed E-state index contributed by atoms with van der Waals surface area (Å²) in [5.74, 6) is -1.37. The first-order valence-corrected chi connectivity index (χ1v) is 10.5. The van der Waals surface area contributed by atoms with E-state index in [4.69, 9.17) is 27.9 Å². The molecule has 1 aliphatic carbocycles. The third-order valence-corrected chi connectivity index (χ3v) is 6.59. The zero-order chi connectivity index (χ0) is 20.5. The predicted octanol–water partition coefficient (Wildman–Crippen LogP) is 2.54. The van der Waals surface area contributed by atoms with Crippen molar-refractivity contribution in [2.45, 2.75) is 36.6 Å². The van der Waals surface area contributed by atoms with E-state index in [0.29, 0.717) is 41.5 Å². The topological polar surface area (TPSA) is 158 Å². The van der Waals surface area contributed by atoms with Crippen LogP contribution in [0.15, 0.2) is 29.3 Å². The number of carboxylic acid groups (broad SMARTS) is 1. The minimum atomic E-state index is -3.83. The molecular weight excluding hydrogens is 441 g/mol. The van der Waals surface area contributed by atoms with Gasteiger partial charge in [-0.25, -0.2) is 18.1 Å². The summed E-state index contributed by atoms with van der Waals surface area (Å²) in [7, 11) is -3.83. The van der Waals surface area contributed by atoms with Gasteiger partial charge in [0.05, 0.1) is 15.8 Å². The second-order valence-electron chi connectivity index (χ2n) is 6.71. The van der Waals surface area contributed by atoms with E-state index in [0.717, 1.165) is 0 Å². The van der Waals surface area contributed by atoms with Crippen LogP contribution in [0.5, 0.6) is 0 Å². The number of anilines is 1. The van der Waals surface area contributed by atoms with E-state index < -0.39 is 21.9 Å². The highest BCUT2D eigenvalue weighted by atomic mass is 35.5. The number of nitrogens with two attached hydrogens (primary N) is 1. The normalized spacial score (nSPS) is 19.3. The van der Waals surface area contributed by atoms with Gasteiger partial charge >= 0.3 is 5.97 Å². The molecule has 0 atom stereocenters. The Morgan fingerprint density at radius 2 is 1.90 bits per heavy atom. The van der Waals surface area contributed by atoms with Gasteiger partial charge in [0, 0.05) is 23.0 Å². The number of carbonyl (C=O) groups is 1. The molecule has 0 spiro atoms. The summed E-state index contributed by atoms with van der Waals surface area (Å²) >= 11 is 6.14. The molecule has 29 heavy (non-hydrogen) atoms. The number of nitrogens with zero attached hydrogens (tertiary/aromatic N) is 1. The van der Waals surface area contributed by atoms with Gasteiger partial charge in [-0.3, -0.25) is 10.2 Å².